The average molecular weight is 916 g/mol. The van der Waals surface area contributed by atoms with Crippen LogP contribution in [-0.4, -0.2) is 131 Å². The third kappa shape index (κ3) is 9.35. The molecule has 0 bridgehead atoms. The zero-order valence-electron chi connectivity index (χ0n) is 35.1. The highest BCUT2D eigenvalue weighted by molar-refractivity contribution is 7.90. The van der Waals surface area contributed by atoms with E-state index in [1.54, 1.807) is 42.5 Å². The van der Waals surface area contributed by atoms with Gasteiger partial charge >= 0.3 is 10.2 Å². The highest BCUT2D eigenvalue weighted by Crippen LogP contribution is 2.35. The van der Waals surface area contributed by atoms with Crippen LogP contribution in [0.15, 0.2) is 67.3 Å². The number of H-pyrrole nitrogens is 1. The molecule has 2 aromatic carbocycles. The van der Waals surface area contributed by atoms with E-state index >= 15 is 4.39 Å². The second kappa shape index (κ2) is 18.1. The first-order chi connectivity index (χ1) is 30.6. The predicted molar refractivity (Wildman–Crippen MR) is 239 cm³/mol. The molecular formula is C43H47ClFN11O7S. The molecule has 336 valence electrons. The minimum Gasteiger partial charge on any atom is -0.389 e. The minimum atomic E-state index is -4.03. The number of nitrogens with one attached hydrogen (secondary N) is 4. The number of aliphatic hydroxyl groups is 1. The molecule has 3 saturated heterocycles. The number of anilines is 4. The lowest BCUT2D eigenvalue weighted by molar-refractivity contribution is -0.138. The van der Waals surface area contributed by atoms with Gasteiger partial charge in [0.25, 0.3) is 0 Å². The van der Waals surface area contributed by atoms with E-state index in [1.165, 1.54) is 31.4 Å². The van der Waals surface area contributed by atoms with E-state index in [-0.39, 0.29) is 53.9 Å². The molecule has 1 atom stereocenters. The first-order valence-electron chi connectivity index (χ1n) is 20.9. The number of halogens is 2. The van der Waals surface area contributed by atoms with E-state index in [1.807, 2.05) is 17.0 Å². The van der Waals surface area contributed by atoms with Crippen molar-refractivity contribution in [2.75, 3.05) is 72.7 Å². The van der Waals surface area contributed by atoms with Crippen LogP contribution in [0.2, 0.25) is 5.02 Å². The van der Waals surface area contributed by atoms with E-state index in [0.717, 1.165) is 9.99 Å². The number of ketones is 1. The molecule has 0 spiro atoms. The lowest BCUT2D eigenvalue weighted by atomic mass is 9.87. The molecule has 3 amide bonds. The number of benzene rings is 2. The molecule has 18 nitrogen and oxygen atoms in total. The maximum atomic E-state index is 15.6. The smallest absolute Gasteiger partial charge is 0.301 e. The SMILES string of the molecule is CCN(C)S(=O)(=O)Nc1cccc(C(=O)c2c[nH]c3ncc(-c4cnc(N5CCN(C(=O)CC6(O)CCN(c7ccc(NC8CCC(=O)NC8=O)cc7Cl)CC6)CC5)nc4)cc23)c1F. The first-order valence-corrected chi connectivity index (χ1v) is 22.7. The van der Waals surface area contributed by atoms with Gasteiger partial charge in [-0.15, -0.1) is 0 Å². The number of hydrogen-bond acceptors (Lipinski definition) is 13. The van der Waals surface area contributed by atoms with E-state index < -0.39 is 33.5 Å². The number of imide groups is 1. The Bertz CT molecular complexity index is 2720. The molecule has 64 heavy (non-hydrogen) atoms. The number of nitrogens with zero attached hydrogens (tertiary/aromatic N) is 7. The van der Waals surface area contributed by atoms with Crippen LogP contribution in [0, 0.1) is 5.82 Å². The fraction of sp³-hybridized carbons (Fsp3) is 0.372. The number of carbonyl (C=O) groups excluding carboxylic acids is 4. The van der Waals surface area contributed by atoms with Crippen molar-refractivity contribution in [3.63, 3.8) is 0 Å². The van der Waals surface area contributed by atoms with E-state index in [4.69, 9.17) is 11.6 Å². The number of aromatic amines is 1. The molecule has 1 unspecified atom stereocenters. The lowest BCUT2D eigenvalue weighted by Gasteiger charge is -2.41. The van der Waals surface area contributed by atoms with Crippen LogP contribution in [0.1, 0.15) is 54.9 Å². The van der Waals surface area contributed by atoms with Gasteiger partial charge in [-0.3, -0.25) is 29.2 Å². The molecule has 3 aliphatic rings. The molecule has 0 saturated carbocycles. The molecule has 5 aromatic rings. The van der Waals surface area contributed by atoms with Crippen LogP contribution in [-0.2, 0) is 24.6 Å². The van der Waals surface area contributed by atoms with Crippen LogP contribution >= 0.6 is 11.6 Å². The molecule has 3 aliphatic heterocycles. The highest BCUT2D eigenvalue weighted by atomic mass is 35.5. The minimum absolute atomic E-state index is 0.00113. The summed E-state index contributed by atoms with van der Waals surface area (Å²) in [7, 11) is -2.68. The van der Waals surface area contributed by atoms with E-state index in [9.17, 15) is 32.7 Å². The zero-order valence-corrected chi connectivity index (χ0v) is 36.7. The van der Waals surface area contributed by atoms with Crippen molar-refractivity contribution in [1.82, 2.24) is 34.5 Å². The molecule has 3 fully saturated rings. The van der Waals surface area contributed by atoms with E-state index in [0.29, 0.717) is 97.3 Å². The summed E-state index contributed by atoms with van der Waals surface area (Å²) in [6, 6.07) is 10.6. The Morgan fingerprint density at radius 2 is 1.69 bits per heavy atom. The van der Waals surface area contributed by atoms with Crippen LogP contribution < -0.4 is 25.2 Å². The van der Waals surface area contributed by atoms with Gasteiger partial charge in [-0.1, -0.05) is 24.6 Å². The van der Waals surface area contributed by atoms with Gasteiger partial charge in [0.15, 0.2) is 11.6 Å². The van der Waals surface area contributed by atoms with Crippen molar-refractivity contribution in [1.29, 1.82) is 0 Å². The number of hydrogen-bond donors (Lipinski definition) is 5. The highest BCUT2D eigenvalue weighted by Gasteiger charge is 2.37. The van der Waals surface area contributed by atoms with Crippen LogP contribution in [0.5, 0.6) is 0 Å². The fourth-order valence-corrected chi connectivity index (χ4v) is 9.31. The van der Waals surface area contributed by atoms with Gasteiger partial charge in [-0.05, 0) is 55.7 Å². The quantitative estimate of drug-likeness (QED) is 0.0835. The molecule has 0 aliphatic carbocycles. The van der Waals surface area contributed by atoms with Gasteiger partial charge in [0.05, 0.1) is 34.0 Å². The first kappa shape index (κ1) is 44.4. The number of piperidine rings is 2. The van der Waals surface area contributed by atoms with Crippen molar-refractivity contribution in [2.24, 2.45) is 0 Å². The molecule has 8 rings (SSSR count). The number of aromatic nitrogens is 4. The second-order valence-corrected chi connectivity index (χ2v) is 18.4. The van der Waals surface area contributed by atoms with Crippen molar-refractivity contribution in [2.45, 2.75) is 50.7 Å². The summed E-state index contributed by atoms with van der Waals surface area (Å²) < 4.78 is 43.9. The normalized spacial score (nSPS) is 18.0. The Kier molecular flexibility index (Phi) is 12.6. The number of pyridine rings is 1. The Hall–Kier alpha value is -6.22. The van der Waals surface area contributed by atoms with E-state index in [2.05, 4.69) is 40.2 Å². The zero-order chi connectivity index (χ0) is 45.3. The van der Waals surface area contributed by atoms with Gasteiger partial charge in [-0.25, -0.2) is 19.3 Å². The summed E-state index contributed by atoms with van der Waals surface area (Å²) in [5, 5.41) is 17.9. The predicted octanol–water partition coefficient (Wildman–Crippen LogP) is 3.94. The summed E-state index contributed by atoms with van der Waals surface area (Å²) in [6.07, 6.45) is 7.74. The number of fused-ring (bicyclic) bond motifs is 1. The lowest BCUT2D eigenvalue weighted by Crippen LogP contribution is -2.52. The number of rotatable bonds is 13. The maximum Gasteiger partial charge on any atom is 0.301 e. The Morgan fingerprint density at radius 1 is 0.969 bits per heavy atom. The molecule has 0 radical (unpaired) electrons. The molecule has 21 heteroatoms. The number of piperazine rings is 1. The Balaban J connectivity index is 0.842. The number of amides is 3. The van der Waals surface area contributed by atoms with Gasteiger partial charge in [0.1, 0.15) is 11.7 Å². The topological polar surface area (TPSA) is 226 Å². The standard InChI is InChI=1S/C43H47ClFN11O7S/c1-3-53(2)64(62,63)52-33-6-4-5-29(38(33)45)39(59)31-25-47-40-30(31)19-26(22-46-40)27-23-48-42(49-24-27)56-17-15-55(16-18-56)37(58)21-43(61)11-13-54(14-12-43)35-9-7-28(20-32(35)44)50-34-8-10-36(57)51-41(34)60/h4-7,9,19-20,22-25,34,50,52,61H,3,8,10-18,21H2,1-2H3,(H,46,47)(H,51,57,60). The maximum absolute atomic E-state index is 15.6. The average Bonchev–Trinajstić information content (AvgIpc) is 3.71. The van der Waals surface area contributed by atoms with Crippen molar-refractivity contribution in [3.8, 4) is 11.1 Å². The third-order valence-electron chi connectivity index (χ3n) is 12.0. The fourth-order valence-electron chi connectivity index (χ4n) is 8.08. The summed E-state index contributed by atoms with van der Waals surface area (Å²) in [5.74, 6) is -1.97. The third-order valence-corrected chi connectivity index (χ3v) is 13.9. The van der Waals surface area contributed by atoms with Gasteiger partial charge in [-0.2, -0.15) is 12.7 Å². The largest absolute Gasteiger partial charge is 0.389 e. The monoisotopic (exact) mass is 915 g/mol. The van der Waals surface area contributed by atoms with Gasteiger partial charge in [0.2, 0.25) is 23.7 Å². The molecule has 5 N–H and O–H groups in total. The summed E-state index contributed by atoms with van der Waals surface area (Å²) in [6.45, 7) is 4.63. The molecule has 3 aromatic heterocycles. The van der Waals surface area contributed by atoms with Crippen molar-refractivity contribution in [3.05, 3.63) is 89.2 Å². The van der Waals surface area contributed by atoms with Crippen LogP contribution in [0.3, 0.4) is 0 Å². The summed E-state index contributed by atoms with van der Waals surface area (Å²) >= 11 is 6.65. The molecule has 6 heterocycles. The number of carbonyl (C=O) groups is 4. The van der Waals surface area contributed by atoms with Gasteiger partial charge in [0, 0.05) is 112 Å². The summed E-state index contributed by atoms with van der Waals surface area (Å²) in [4.78, 5) is 73.1. The van der Waals surface area contributed by atoms with Gasteiger partial charge < -0.3 is 30.1 Å². The second-order valence-electron chi connectivity index (χ2n) is 16.2. The van der Waals surface area contributed by atoms with Crippen LogP contribution in [0.25, 0.3) is 22.2 Å². The molecular weight excluding hydrogens is 869 g/mol. The van der Waals surface area contributed by atoms with Crippen molar-refractivity contribution < 1.29 is 37.1 Å². The Morgan fingerprint density at radius 3 is 2.38 bits per heavy atom. The Labute approximate surface area is 373 Å². The van der Waals surface area contributed by atoms with Crippen molar-refractivity contribution >= 4 is 79.4 Å². The van der Waals surface area contributed by atoms with Crippen LogP contribution in [0.4, 0.5) is 27.4 Å². The summed E-state index contributed by atoms with van der Waals surface area (Å²) in [5.41, 5.74) is 1.39.